The van der Waals surface area contributed by atoms with Crippen molar-refractivity contribution in [3.63, 3.8) is 0 Å². The van der Waals surface area contributed by atoms with Crippen LogP contribution in [0.15, 0.2) is 42.9 Å². The monoisotopic (exact) mass is 404 g/mol. The van der Waals surface area contributed by atoms with E-state index in [-0.39, 0.29) is 17.4 Å². The van der Waals surface area contributed by atoms with Gasteiger partial charge in [-0.2, -0.15) is 15.0 Å². The van der Waals surface area contributed by atoms with Gasteiger partial charge in [0.2, 0.25) is 0 Å². The number of fused-ring (bicyclic) bond motifs is 1. The molecule has 2 aromatic heterocycles. The zero-order valence-corrected chi connectivity index (χ0v) is 16.8. The minimum Gasteiger partial charge on any atom is -0.338 e. The standard InChI is InChI=1S/C22H21FN6O/c1-13-10-24-14(2)21(27-13)15-8-16-11-28(12-17(16)9-15)22(30)20-18(23)4-3-5-19(20)29-25-6-7-26-29/h3-8,10,16-17H,9,11-12H2,1-2H3. The molecule has 0 radical (unpaired) electrons. The Labute approximate surface area is 173 Å². The van der Waals surface area contributed by atoms with Crippen LogP contribution in [0.25, 0.3) is 11.3 Å². The number of carbonyl (C=O) groups is 1. The molecule has 1 aliphatic carbocycles. The third kappa shape index (κ3) is 3.08. The molecular weight excluding hydrogens is 383 g/mol. The molecule has 3 aromatic rings. The van der Waals surface area contributed by atoms with Crippen molar-refractivity contribution in [2.75, 3.05) is 13.1 Å². The average molecular weight is 404 g/mol. The number of aromatic nitrogens is 5. The summed E-state index contributed by atoms with van der Waals surface area (Å²) in [4.78, 5) is 25.3. The number of halogens is 1. The molecule has 1 aromatic carbocycles. The van der Waals surface area contributed by atoms with Gasteiger partial charge in [0.25, 0.3) is 5.91 Å². The summed E-state index contributed by atoms with van der Waals surface area (Å²) >= 11 is 0. The van der Waals surface area contributed by atoms with Gasteiger partial charge in [0.05, 0.1) is 29.5 Å². The van der Waals surface area contributed by atoms with Crippen molar-refractivity contribution in [1.29, 1.82) is 0 Å². The predicted octanol–water partition coefficient (Wildman–Crippen LogP) is 2.99. The highest BCUT2D eigenvalue weighted by molar-refractivity contribution is 5.98. The second-order valence-electron chi connectivity index (χ2n) is 7.93. The molecule has 152 valence electrons. The van der Waals surface area contributed by atoms with E-state index in [1.807, 2.05) is 13.8 Å². The molecule has 3 heterocycles. The van der Waals surface area contributed by atoms with Gasteiger partial charge in [-0.15, -0.1) is 0 Å². The summed E-state index contributed by atoms with van der Waals surface area (Å²) in [7, 11) is 0. The smallest absolute Gasteiger partial charge is 0.259 e. The number of rotatable bonds is 3. The molecule has 1 saturated heterocycles. The van der Waals surface area contributed by atoms with E-state index in [2.05, 4.69) is 26.2 Å². The maximum Gasteiger partial charge on any atom is 0.259 e. The summed E-state index contributed by atoms with van der Waals surface area (Å²) in [5, 5.41) is 8.12. The third-order valence-corrected chi connectivity index (χ3v) is 5.90. The van der Waals surface area contributed by atoms with Gasteiger partial charge in [0, 0.05) is 19.3 Å². The Morgan fingerprint density at radius 2 is 1.97 bits per heavy atom. The van der Waals surface area contributed by atoms with Crippen LogP contribution in [0.1, 0.15) is 33.9 Å². The molecule has 0 spiro atoms. The van der Waals surface area contributed by atoms with E-state index in [4.69, 9.17) is 0 Å². The molecule has 2 aliphatic rings. The van der Waals surface area contributed by atoms with E-state index in [0.717, 1.165) is 23.5 Å². The van der Waals surface area contributed by atoms with E-state index in [0.29, 0.717) is 24.7 Å². The number of hydrogen-bond acceptors (Lipinski definition) is 5. The Bertz CT molecular complexity index is 1160. The second-order valence-corrected chi connectivity index (χ2v) is 7.93. The van der Waals surface area contributed by atoms with Crippen molar-refractivity contribution in [1.82, 2.24) is 29.9 Å². The minimum absolute atomic E-state index is 0.0123. The van der Waals surface area contributed by atoms with Gasteiger partial charge in [-0.1, -0.05) is 12.1 Å². The van der Waals surface area contributed by atoms with Crippen molar-refractivity contribution in [2.24, 2.45) is 11.8 Å². The summed E-state index contributed by atoms with van der Waals surface area (Å²) in [6, 6.07) is 4.52. The first-order chi connectivity index (χ1) is 14.5. The second kappa shape index (κ2) is 7.12. The number of carbonyl (C=O) groups excluding carboxylic acids is 1. The molecule has 0 N–H and O–H groups in total. The Kier molecular flexibility index (Phi) is 4.42. The molecule has 5 rings (SSSR count). The summed E-state index contributed by atoms with van der Waals surface area (Å²) in [5.74, 6) is -0.336. The number of allylic oxidation sites excluding steroid dienone is 1. The number of benzene rings is 1. The van der Waals surface area contributed by atoms with Crippen molar-refractivity contribution in [2.45, 2.75) is 20.3 Å². The first-order valence-corrected chi connectivity index (χ1v) is 9.97. The maximum atomic E-state index is 14.7. The Balaban J connectivity index is 1.40. The van der Waals surface area contributed by atoms with Gasteiger partial charge in [0.15, 0.2) is 0 Å². The molecular formula is C22H21FN6O. The number of amides is 1. The van der Waals surface area contributed by atoms with Crippen LogP contribution < -0.4 is 0 Å². The first kappa shape index (κ1) is 18.6. The van der Waals surface area contributed by atoms with E-state index < -0.39 is 5.82 Å². The lowest BCUT2D eigenvalue weighted by molar-refractivity contribution is 0.0780. The van der Waals surface area contributed by atoms with Crippen LogP contribution in [0, 0.1) is 31.5 Å². The number of aryl methyl sites for hydroxylation is 2. The lowest BCUT2D eigenvalue weighted by Crippen LogP contribution is -2.31. The van der Waals surface area contributed by atoms with E-state index in [9.17, 15) is 9.18 Å². The first-order valence-electron chi connectivity index (χ1n) is 9.97. The van der Waals surface area contributed by atoms with E-state index >= 15 is 0 Å². The molecule has 1 amide bonds. The fraction of sp³-hybridized carbons (Fsp3) is 0.318. The average Bonchev–Trinajstić information content (AvgIpc) is 3.45. The lowest BCUT2D eigenvalue weighted by atomic mass is 9.99. The van der Waals surface area contributed by atoms with Crippen LogP contribution in [0.3, 0.4) is 0 Å². The minimum atomic E-state index is -0.561. The van der Waals surface area contributed by atoms with Crippen LogP contribution >= 0.6 is 0 Å². The topological polar surface area (TPSA) is 76.8 Å². The normalized spacial score (nSPS) is 20.4. The lowest BCUT2D eigenvalue weighted by Gasteiger charge is -2.19. The highest BCUT2D eigenvalue weighted by Crippen LogP contribution is 2.41. The van der Waals surface area contributed by atoms with Crippen molar-refractivity contribution >= 4 is 11.5 Å². The molecule has 7 nitrogen and oxygen atoms in total. The zero-order valence-electron chi connectivity index (χ0n) is 16.8. The molecule has 30 heavy (non-hydrogen) atoms. The Morgan fingerprint density at radius 1 is 1.17 bits per heavy atom. The number of likely N-dealkylation sites (tertiary alicyclic amines) is 1. The maximum absolute atomic E-state index is 14.7. The van der Waals surface area contributed by atoms with Crippen LogP contribution in [-0.4, -0.2) is 48.9 Å². The summed E-state index contributed by atoms with van der Waals surface area (Å²) in [6.07, 6.45) is 7.84. The van der Waals surface area contributed by atoms with Crippen LogP contribution in [0.2, 0.25) is 0 Å². The van der Waals surface area contributed by atoms with Crippen LogP contribution in [-0.2, 0) is 0 Å². The van der Waals surface area contributed by atoms with Gasteiger partial charge in [0.1, 0.15) is 17.1 Å². The Morgan fingerprint density at radius 3 is 2.73 bits per heavy atom. The SMILES string of the molecule is Cc1cnc(C)c(C2=CC3CN(C(=O)c4c(F)cccc4-n4nccn4)CC3C2)n1. The van der Waals surface area contributed by atoms with Gasteiger partial charge >= 0.3 is 0 Å². The van der Waals surface area contributed by atoms with Crippen LogP contribution in [0.5, 0.6) is 0 Å². The summed E-state index contributed by atoms with van der Waals surface area (Å²) in [6.45, 7) is 5.05. The molecule has 1 fully saturated rings. The number of hydrogen-bond donors (Lipinski definition) is 0. The van der Waals surface area contributed by atoms with Gasteiger partial charge in [-0.05, 0) is 49.8 Å². The summed E-state index contributed by atoms with van der Waals surface area (Å²) < 4.78 is 14.7. The fourth-order valence-electron chi connectivity index (χ4n) is 4.48. The zero-order chi connectivity index (χ0) is 20.8. The fourth-order valence-corrected chi connectivity index (χ4v) is 4.48. The Hall–Kier alpha value is -3.42. The van der Waals surface area contributed by atoms with Gasteiger partial charge < -0.3 is 4.90 Å². The van der Waals surface area contributed by atoms with Crippen molar-refractivity contribution in [3.05, 3.63) is 71.3 Å². The predicted molar refractivity (Wildman–Crippen MR) is 108 cm³/mol. The van der Waals surface area contributed by atoms with Crippen LogP contribution in [0.4, 0.5) is 4.39 Å². The largest absolute Gasteiger partial charge is 0.338 e. The highest BCUT2D eigenvalue weighted by Gasteiger charge is 2.40. The molecule has 2 unspecified atom stereocenters. The highest BCUT2D eigenvalue weighted by atomic mass is 19.1. The molecule has 0 saturated carbocycles. The van der Waals surface area contributed by atoms with Crippen molar-refractivity contribution < 1.29 is 9.18 Å². The molecule has 2 atom stereocenters. The summed E-state index contributed by atoms with van der Waals surface area (Å²) in [5.41, 5.74) is 4.32. The van der Waals surface area contributed by atoms with E-state index in [1.54, 1.807) is 23.2 Å². The molecule has 1 aliphatic heterocycles. The number of nitrogens with zero attached hydrogens (tertiary/aromatic N) is 6. The molecule has 0 bridgehead atoms. The van der Waals surface area contributed by atoms with Gasteiger partial charge in [-0.25, -0.2) is 9.37 Å². The third-order valence-electron chi connectivity index (χ3n) is 5.90. The molecule has 8 heteroatoms. The van der Waals surface area contributed by atoms with Crippen molar-refractivity contribution in [3.8, 4) is 5.69 Å². The van der Waals surface area contributed by atoms with Gasteiger partial charge in [-0.3, -0.25) is 9.78 Å². The quantitative estimate of drug-likeness (QED) is 0.671. The van der Waals surface area contributed by atoms with E-state index in [1.165, 1.54) is 28.8 Å².